The zero-order chi connectivity index (χ0) is 20.8. The van der Waals surface area contributed by atoms with Gasteiger partial charge in [-0.15, -0.1) is 0 Å². The topological polar surface area (TPSA) is 105 Å². The first-order chi connectivity index (χ1) is 13.2. The minimum atomic E-state index is -1.14. The molecule has 0 aromatic heterocycles. The van der Waals surface area contributed by atoms with E-state index in [1.165, 1.54) is 6.92 Å². The van der Waals surface area contributed by atoms with Gasteiger partial charge in [0, 0.05) is 24.7 Å². The highest BCUT2D eigenvalue weighted by Gasteiger charge is 2.37. The SMILES string of the molecule is CCc1ccc(N2C[C@H](C(=O)O[C@@H](C)C(=O)NC(=O)NC(C)C)CC2=O)cc1. The van der Waals surface area contributed by atoms with Crippen molar-refractivity contribution < 1.29 is 23.9 Å². The van der Waals surface area contributed by atoms with Gasteiger partial charge >= 0.3 is 12.0 Å². The van der Waals surface area contributed by atoms with Gasteiger partial charge in [-0.3, -0.25) is 19.7 Å². The van der Waals surface area contributed by atoms with E-state index >= 15 is 0 Å². The minimum absolute atomic E-state index is 0.0243. The number of nitrogens with one attached hydrogen (secondary N) is 2. The lowest BCUT2D eigenvalue weighted by atomic mass is 10.1. The maximum Gasteiger partial charge on any atom is 0.321 e. The summed E-state index contributed by atoms with van der Waals surface area (Å²) in [5.41, 5.74) is 1.89. The van der Waals surface area contributed by atoms with E-state index in [0.717, 1.165) is 17.7 Å². The molecule has 1 aromatic carbocycles. The molecule has 0 bridgehead atoms. The second kappa shape index (κ2) is 9.34. The van der Waals surface area contributed by atoms with Gasteiger partial charge in [-0.2, -0.15) is 0 Å². The highest BCUT2D eigenvalue weighted by atomic mass is 16.5. The highest BCUT2D eigenvalue weighted by molar-refractivity contribution is 6.00. The molecule has 1 fully saturated rings. The molecule has 8 heteroatoms. The predicted octanol–water partition coefficient (Wildman–Crippen LogP) is 1.77. The van der Waals surface area contributed by atoms with Crippen molar-refractivity contribution in [1.29, 1.82) is 0 Å². The first-order valence-electron chi connectivity index (χ1n) is 9.42. The monoisotopic (exact) mass is 389 g/mol. The quantitative estimate of drug-likeness (QED) is 0.722. The fourth-order valence-electron chi connectivity index (χ4n) is 2.86. The van der Waals surface area contributed by atoms with Crippen LogP contribution < -0.4 is 15.5 Å². The fraction of sp³-hybridized carbons (Fsp3) is 0.500. The van der Waals surface area contributed by atoms with Crippen molar-refractivity contribution in [1.82, 2.24) is 10.6 Å². The van der Waals surface area contributed by atoms with Crippen molar-refractivity contribution in [2.75, 3.05) is 11.4 Å². The Morgan fingerprint density at radius 3 is 2.39 bits per heavy atom. The molecule has 1 aliphatic rings. The average molecular weight is 389 g/mol. The zero-order valence-electron chi connectivity index (χ0n) is 16.7. The molecule has 1 aromatic rings. The molecule has 0 aliphatic carbocycles. The van der Waals surface area contributed by atoms with E-state index in [9.17, 15) is 19.2 Å². The van der Waals surface area contributed by atoms with Crippen LogP contribution in [0.4, 0.5) is 10.5 Å². The summed E-state index contributed by atoms with van der Waals surface area (Å²) in [6, 6.07) is 6.82. The minimum Gasteiger partial charge on any atom is -0.452 e. The second-order valence-electron chi connectivity index (χ2n) is 7.12. The Balaban J connectivity index is 1.91. The molecule has 2 atom stereocenters. The number of carbonyl (C=O) groups is 4. The van der Waals surface area contributed by atoms with Crippen LogP contribution in [0.15, 0.2) is 24.3 Å². The molecule has 0 spiro atoms. The Morgan fingerprint density at radius 1 is 1.18 bits per heavy atom. The van der Waals surface area contributed by atoms with E-state index in [1.807, 2.05) is 31.2 Å². The molecule has 0 unspecified atom stereocenters. The van der Waals surface area contributed by atoms with Crippen molar-refractivity contribution >= 4 is 29.5 Å². The average Bonchev–Trinajstić information content (AvgIpc) is 3.02. The molecular weight excluding hydrogens is 362 g/mol. The van der Waals surface area contributed by atoms with Gasteiger partial charge in [-0.05, 0) is 44.9 Å². The fourth-order valence-corrected chi connectivity index (χ4v) is 2.86. The summed E-state index contributed by atoms with van der Waals surface area (Å²) in [6.07, 6.45) is -0.215. The summed E-state index contributed by atoms with van der Waals surface area (Å²) in [7, 11) is 0. The maximum atomic E-state index is 12.4. The third-order valence-corrected chi connectivity index (χ3v) is 4.43. The molecule has 0 saturated carbocycles. The number of nitrogens with zero attached hydrogens (tertiary/aromatic N) is 1. The Bertz CT molecular complexity index is 745. The van der Waals surface area contributed by atoms with Crippen LogP contribution in [0.2, 0.25) is 0 Å². The Kier molecular flexibility index (Phi) is 7.14. The molecule has 1 heterocycles. The molecule has 8 nitrogen and oxygen atoms in total. The second-order valence-corrected chi connectivity index (χ2v) is 7.12. The van der Waals surface area contributed by atoms with E-state index in [0.29, 0.717) is 0 Å². The number of imide groups is 1. The first kappa shape index (κ1) is 21.4. The first-order valence-corrected chi connectivity index (χ1v) is 9.42. The Hall–Kier alpha value is -2.90. The van der Waals surface area contributed by atoms with Gasteiger partial charge < -0.3 is 15.0 Å². The summed E-state index contributed by atoms with van der Waals surface area (Å²) in [6.45, 7) is 7.14. The summed E-state index contributed by atoms with van der Waals surface area (Å²) in [4.78, 5) is 49.7. The van der Waals surface area contributed by atoms with E-state index in [1.54, 1.807) is 18.7 Å². The summed E-state index contributed by atoms with van der Waals surface area (Å²) in [5, 5.41) is 4.63. The van der Waals surface area contributed by atoms with Crippen LogP contribution in [-0.2, 0) is 25.5 Å². The van der Waals surface area contributed by atoms with Crippen molar-refractivity contribution in [3.05, 3.63) is 29.8 Å². The number of urea groups is 1. The molecular formula is C20H27N3O5. The summed E-state index contributed by atoms with van der Waals surface area (Å²) >= 11 is 0. The Labute approximate surface area is 164 Å². The lowest BCUT2D eigenvalue weighted by Gasteiger charge is -2.18. The number of hydrogen-bond acceptors (Lipinski definition) is 5. The molecule has 0 radical (unpaired) electrons. The van der Waals surface area contributed by atoms with Crippen LogP contribution in [0.1, 0.15) is 39.7 Å². The van der Waals surface area contributed by atoms with E-state index < -0.39 is 29.9 Å². The lowest BCUT2D eigenvalue weighted by molar-refractivity contribution is -0.158. The molecule has 4 amide bonds. The third kappa shape index (κ3) is 5.55. The van der Waals surface area contributed by atoms with Crippen LogP contribution >= 0.6 is 0 Å². The molecule has 152 valence electrons. The van der Waals surface area contributed by atoms with E-state index in [2.05, 4.69) is 10.6 Å². The maximum absolute atomic E-state index is 12.4. The largest absolute Gasteiger partial charge is 0.452 e. The molecule has 2 N–H and O–H groups in total. The number of rotatable bonds is 6. The van der Waals surface area contributed by atoms with Crippen LogP contribution in [0.5, 0.6) is 0 Å². The molecule has 28 heavy (non-hydrogen) atoms. The third-order valence-electron chi connectivity index (χ3n) is 4.43. The summed E-state index contributed by atoms with van der Waals surface area (Å²) in [5.74, 6) is -2.17. The van der Waals surface area contributed by atoms with E-state index in [4.69, 9.17) is 4.74 Å². The summed E-state index contributed by atoms with van der Waals surface area (Å²) < 4.78 is 5.16. The zero-order valence-corrected chi connectivity index (χ0v) is 16.7. The highest BCUT2D eigenvalue weighted by Crippen LogP contribution is 2.26. The predicted molar refractivity (Wildman–Crippen MR) is 104 cm³/mol. The Morgan fingerprint density at radius 2 is 1.82 bits per heavy atom. The van der Waals surface area contributed by atoms with Gasteiger partial charge in [0.1, 0.15) is 0 Å². The van der Waals surface area contributed by atoms with Crippen LogP contribution in [-0.4, -0.2) is 42.5 Å². The van der Waals surface area contributed by atoms with Gasteiger partial charge in [0.25, 0.3) is 5.91 Å². The van der Waals surface area contributed by atoms with Gasteiger partial charge in [0.2, 0.25) is 5.91 Å². The number of amides is 4. The molecule has 1 saturated heterocycles. The van der Waals surface area contributed by atoms with Gasteiger partial charge in [0.05, 0.1) is 5.92 Å². The molecule has 1 aliphatic heterocycles. The van der Waals surface area contributed by atoms with E-state index in [-0.39, 0.29) is 24.9 Å². The smallest absolute Gasteiger partial charge is 0.321 e. The van der Waals surface area contributed by atoms with Gasteiger partial charge in [-0.25, -0.2) is 4.79 Å². The number of carbonyl (C=O) groups excluding carboxylic acids is 4. The lowest BCUT2D eigenvalue weighted by Crippen LogP contribution is -2.47. The van der Waals surface area contributed by atoms with Gasteiger partial charge in [0.15, 0.2) is 6.10 Å². The number of esters is 1. The van der Waals surface area contributed by atoms with Crippen molar-refractivity contribution in [3.8, 4) is 0 Å². The van der Waals surface area contributed by atoms with Crippen LogP contribution in [0.3, 0.4) is 0 Å². The standard InChI is InChI=1S/C20H27N3O5/c1-5-14-6-8-16(9-7-14)23-11-15(10-17(23)24)19(26)28-13(4)18(25)22-20(27)21-12(2)3/h6-9,12-13,15H,5,10-11H2,1-4H3,(H2,21,22,25,27)/t13-,15+/m0/s1. The van der Waals surface area contributed by atoms with Crippen molar-refractivity contribution in [3.63, 3.8) is 0 Å². The molecule has 2 rings (SSSR count). The number of ether oxygens (including phenoxy) is 1. The number of anilines is 1. The van der Waals surface area contributed by atoms with Crippen LogP contribution in [0.25, 0.3) is 0 Å². The van der Waals surface area contributed by atoms with Gasteiger partial charge in [-0.1, -0.05) is 19.1 Å². The number of benzene rings is 1. The van der Waals surface area contributed by atoms with Crippen LogP contribution in [0, 0.1) is 5.92 Å². The van der Waals surface area contributed by atoms with Crippen molar-refractivity contribution in [2.24, 2.45) is 5.92 Å². The number of hydrogen-bond donors (Lipinski definition) is 2. The number of aryl methyl sites for hydroxylation is 1. The normalized spacial score (nSPS) is 17.4. The van der Waals surface area contributed by atoms with Crippen molar-refractivity contribution in [2.45, 2.75) is 52.7 Å².